The summed E-state index contributed by atoms with van der Waals surface area (Å²) >= 11 is 0. The van der Waals surface area contributed by atoms with Crippen LogP contribution in [0.1, 0.15) is 57.3 Å². The lowest BCUT2D eigenvalue weighted by Crippen LogP contribution is -2.58. The molecule has 4 aromatic rings. The number of carbonyl (C=O) groups is 2. The van der Waals surface area contributed by atoms with Crippen molar-refractivity contribution in [2.24, 2.45) is 21.5 Å². The number of guanidine groups is 2. The Morgan fingerprint density at radius 1 is 0.677 bits per heavy atom. The number of amides is 2. The third-order valence-corrected chi connectivity index (χ3v) is 15.7. The highest BCUT2D eigenvalue weighted by Crippen LogP contribution is 2.48. The summed E-state index contributed by atoms with van der Waals surface area (Å²) in [6, 6.07) is 7.69. The average molecular weight is 897 g/mol. The predicted octanol–water partition coefficient (Wildman–Crippen LogP) is 1.50. The largest absolute Gasteiger partial charge is 0.374 e. The second-order valence-corrected chi connectivity index (χ2v) is 19.2. The van der Waals surface area contributed by atoms with Crippen molar-refractivity contribution in [1.82, 2.24) is 28.5 Å². The van der Waals surface area contributed by atoms with Crippen molar-refractivity contribution in [3.63, 3.8) is 0 Å². The molecule has 24 heteroatoms. The zero-order chi connectivity index (χ0) is 45.1. The van der Waals surface area contributed by atoms with E-state index in [1.807, 2.05) is 0 Å². The Kier molecular flexibility index (Phi) is 11.2. The number of nitrogens with one attached hydrogen (secondary N) is 2. The molecule has 0 aliphatic carbocycles. The van der Waals surface area contributed by atoms with E-state index in [-0.39, 0.29) is 59.0 Å². The maximum atomic E-state index is 15.0. The Labute approximate surface area is 355 Å². The molecule has 20 nitrogen and oxygen atoms in total. The van der Waals surface area contributed by atoms with Gasteiger partial charge in [-0.15, -0.1) is 0 Å². The number of sulfonamides is 2. The summed E-state index contributed by atoms with van der Waals surface area (Å²) in [5.41, 5.74) is 10.4. The summed E-state index contributed by atoms with van der Waals surface area (Å²) < 4.78 is 95.2. The highest BCUT2D eigenvalue weighted by molar-refractivity contribution is 7.90. The molecule has 2 saturated heterocycles. The van der Waals surface area contributed by atoms with Crippen LogP contribution in [0.25, 0.3) is 0 Å². The van der Waals surface area contributed by atoms with Crippen LogP contribution in [-0.2, 0) is 40.6 Å². The molecule has 6 atom stereocenters. The summed E-state index contributed by atoms with van der Waals surface area (Å²) in [6.45, 7) is 6.31. The van der Waals surface area contributed by atoms with Gasteiger partial charge in [-0.2, -0.15) is 0 Å². The molecule has 2 aromatic heterocycles. The van der Waals surface area contributed by atoms with Gasteiger partial charge in [-0.05, 0) is 64.1 Å². The summed E-state index contributed by atoms with van der Waals surface area (Å²) in [5, 5.41) is 2.89. The third kappa shape index (κ3) is 7.45. The molecule has 4 aliphatic heterocycles. The monoisotopic (exact) mass is 896 g/mol. The highest BCUT2D eigenvalue weighted by Gasteiger charge is 2.62. The van der Waals surface area contributed by atoms with Crippen LogP contribution in [0.3, 0.4) is 0 Å². The number of aromatic nitrogens is 4. The number of fused-ring (bicyclic) bond motifs is 2. The highest BCUT2D eigenvalue weighted by atomic mass is 32.2. The Balaban J connectivity index is 0.000000186. The first kappa shape index (κ1) is 43.8. The van der Waals surface area contributed by atoms with E-state index in [9.17, 15) is 35.2 Å². The fourth-order valence-corrected chi connectivity index (χ4v) is 11.7. The standard InChI is InChI=1S/2C19H21FN6O4S/c2*1-10-7-23-15(8-22-10)17(27)24-12-4-5-14(20)13(6-12)19-9-30-11(2)16(19)31(28,29)26(3)18(21)25-19/h2*4-8,11,16H,9H2,1-3H3,(H2,21,25)(H,24,27)/t11-,16+,19+;11-,16-,19-/m01/s1. The smallest absolute Gasteiger partial charge is 0.275 e. The van der Waals surface area contributed by atoms with E-state index in [0.717, 1.165) is 20.7 Å². The van der Waals surface area contributed by atoms with Crippen LogP contribution < -0.4 is 22.1 Å². The van der Waals surface area contributed by atoms with Crippen molar-refractivity contribution in [3.8, 4) is 0 Å². The van der Waals surface area contributed by atoms with Crippen molar-refractivity contribution in [3.05, 3.63) is 107 Å². The van der Waals surface area contributed by atoms with E-state index in [1.54, 1.807) is 27.7 Å². The molecule has 0 spiro atoms. The van der Waals surface area contributed by atoms with E-state index in [0.29, 0.717) is 11.4 Å². The third-order valence-electron chi connectivity index (χ3n) is 11.0. The molecule has 8 rings (SSSR count). The maximum Gasteiger partial charge on any atom is 0.275 e. The van der Waals surface area contributed by atoms with Crippen LogP contribution in [0, 0.1) is 25.5 Å². The molecule has 6 N–H and O–H groups in total. The average Bonchev–Trinajstić information content (AvgIpc) is 3.75. The number of hydrogen-bond donors (Lipinski definition) is 4. The molecular formula is C38H42F2N12O8S2. The van der Waals surface area contributed by atoms with Gasteiger partial charge in [0.2, 0.25) is 32.0 Å². The summed E-state index contributed by atoms with van der Waals surface area (Å²) in [5.74, 6) is -3.00. The molecule has 62 heavy (non-hydrogen) atoms. The van der Waals surface area contributed by atoms with Crippen LogP contribution >= 0.6 is 0 Å². The molecule has 0 unspecified atom stereocenters. The normalized spacial score (nSPS) is 26.8. The van der Waals surface area contributed by atoms with Gasteiger partial charge in [0.25, 0.3) is 11.8 Å². The second-order valence-electron chi connectivity index (χ2n) is 15.1. The van der Waals surface area contributed by atoms with Crippen molar-refractivity contribution < 1.29 is 44.7 Å². The van der Waals surface area contributed by atoms with Crippen molar-refractivity contribution in [2.75, 3.05) is 37.9 Å². The lowest BCUT2D eigenvalue weighted by molar-refractivity contribution is 0.101. The molecule has 0 bridgehead atoms. The molecular weight excluding hydrogens is 855 g/mol. The first-order valence-corrected chi connectivity index (χ1v) is 21.8. The zero-order valence-corrected chi connectivity index (χ0v) is 35.7. The van der Waals surface area contributed by atoms with Gasteiger partial charge in [0.15, 0.2) is 0 Å². The molecule has 0 radical (unpaired) electrons. The lowest BCUT2D eigenvalue weighted by atomic mass is 9.86. The van der Waals surface area contributed by atoms with Gasteiger partial charge >= 0.3 is 0 Å². The summed E-state index contributed by atoms with van der Waals surface area (Å²) in [7, 11) is -5.35. The number of hydrogen-bond acceptors (Lipinski definition) is 16. The minimum Gasteiger partial charge on any atom is -0.374 e. The fourth-order valence-electron chi connectivity index (χ4n) is 7.81. The molecule has 4 aliphatic rings. The van der Waals surface area contributed by atoms with Gasteiger partial charge in [-0.1, -0.05) is 0 Å². The van der Waals surface area contributed by atoms with E-state index in [2.05, 4.69) is 40.6 Å². The van der Waals surface area contributed by atoms with Gasteiger partial charge in [0.1, 0.15) is 44.6 Å². The predicted molar refractivity (Wildman–Crippen MR) is 221 cm³/mol. The quantitative estimate of drug-likeness (QED) is 0.214. The van der Waals surface area contributed by atoms with E-state index < -0.39 is 77.3 Å². The van der Waals surface area contributed by atoms with Gasteiger partial charge in [-0.3, -0.25) is 19.6 Å². The van der Waals surface area contributed by atoms with Gasteiger partial charge < -0.3 is 31.6 Å². The Morgan fingerprint density at radius 3 is 1.39 bits per heavy atom. The fraction of sp³-hybridized carbons (Fsp3) is 0.368. The van der Waals surface area contributed by atoms with Crippen LogP contribution in [0.15, 0.2) is 71.2 Å². The Bertz CT molecular complexity index is 2560. The number of ether oxygens (including phenoxy) is 2. The molecule has 0 saturated carbocycles. The Hall–Kier alpha value is -6.24. The number of anilines is 2. The molecule has 2 fully saturated rings. The molecule has 328 valence electrons. The molecule has 2 aromatic carbocycles. The minimum absolute atomic E-state index is 0.0331. The van der Waals surface area contributed by atoms with Crippen LogP contribution in [0.2, 0.25) is 0 Å². The number of carbonyl (C=O) groups excluding carboxylic acids is 2. The van der Waals surface area contributed by atoms with Crippen molar-refractivity contribution in [1.29, 1.82) is 0 Å². The van der Waals surface area contributed by atoms with Crippen LogP contribution in [0.4, 0.5) is 20.2 Å². The van der Waals surface area contributed by atoms with Gasteiger partial charge in [0.05, 0.1) is 49.2 Å². The first-order chi connectivity index (χ1) is 29.1. The topological polar surface area (TPSA) is 280 Å². The van der Waals surface area contributed by atoms with Gasteiger partial charge in [0, 0.05) is 49.0 Å². The number of nitrogens with two attached hydrogens (primary N) is 2. The second kappa shape index (κ2) is 15.9. The Morgan fingerprint density at radius 2 is 1.05 bits per heavy atom. The van der Waals surface area contributed by atoms with E-state index in [1.165, 1.54) is 63.1 Å². The van der Waals surface area contributed by atoms with E-state index in [4.69, 9.17) is 20.9 Å². The number of aryl methyl sites for hydroxylation is 2. The molecule has 2 amide bonds. The van der Waals surface area contributed by atoms with Crippen LogP contribution in [0.5, 0.6) is 0 Å². The van der Waals surface area contributed by atoms with Crippen molar-refractivity contribution >= 4 is 55.2 Å². The number of benzene rings is 2. The number of nitrogens with zero attached hydrogens (tertiary/aromatic N) is 8. The number of halogens is 2. The summed E-state index contributed by atoms with van der Waals surface area (Å²) in [6.07, 6.45) is 4.06. The lowest BCUT2D eigenvalue weighted by Gasteiger charge is -2.39. The molecule has 6 heterocycles. The summed E-state index contributed by atoms with van der Waals surface area (Å²) in [4.78, 5) is 49.8. The zero-order valence-electron chi connectivity index (χ0n) is 34.1. The first-order valence-electron chi connectivity index (χ1n) is 18.8. The number of rotatable bonds is 6. The maximum absolute atomic E-state index is 15.0. The minimum atomic E-state index is -3.96. The van der Waals surface area contributed by atoms with Gasteiger partial charge in [-0.25, -0.2) is 54.2 Å². The SMILES string of the molecule is Cc1cnc(C(=O)Nc2ccc(F)c([C@]34CO[C@@H](C)[C@H]3S(=O)(=O)N(C)C(N)=N4)c2)cn1.Cc1cnc(C(=O)Nc2ccc(F)c([C@]34CO[C@H](C)[C@H]3S(=O)(=O)N(C)C(N)=N4)c2)cn1. The number of aliphatic imine (C=N–C) groups is 2. The van der Waals surface area contributed by atoms with Crippen molar-refractivity contribution in [2.45, 2.75) is 61.5 Å². The van der Waals surface area contributed by atoms with Crippen LogP contribution in [-0.4, -0.2) is 119 Å². The van der Waals surface area contributed by atoms with E-state index >= 15 is 0 Å².